The number of carbonyl (C=O) groups excluding carboxylic acids is 1. The van der Waals surface area contributed by atoms with E-state index in [1.807, 2.05) is 0 Å². The molecule has 1 N–H and O–H groups in total. The normalized spacial score (nSPS) is 10.8. The second-order valence-corrected chi connectivity index (χ2v) is 7.22. The van der Waals surface area contributed by atoms with E-state index in [4.69, 9.17) is 32.7 Å². The zero-order valence-corrected chi connectivity index (χ0v) is 18.2. The summed E-state index contributed by atoms with van der Waals surface area (Å²) in [4.78, 5) is 22.3. The molecule has 0 bridgehead atoms. The molecule has 0 unspecified atom stereocenters. The third-order valence-electron chi connectivity index (χ3n) is 4.12. The lowest BCUT2D eigenvalue weighted by molar-refractivity contribution is -0.385. The van der Waals surface area contributed by atoms with Gasteiger partial charge in [0.1, 0.15) is 23.9 Å². The third-order valence-corrected chi connectivity index (χ3v) is 4.65. The molecule has 0 aliphatic carbocycles. The zero-order valence-electron chi connectivity index (χ0n) is 16.7. The van der Waals surface area contributed by atoms with E-state index < -0.39 is 10.8 Å². The van der Waals surface area contributed by atoms with Crippen molar-refractivity contribution in [1.29, 1.82) is 0 Å². The van der Waals surface area contributed by atoms with Gasteiger partial charge in [0, 0.05) is 10.6 Å². The van der Waals surface area contributed by atoms with Gasteiger partial charge in [0.2, 0.25) is 0 Å². The Balaban J connectivity index is 1.60. The van der Waals surface area contributed by atoms with Gasteiger partial charge in [-0.1, -0.05) is 23.2 Å². The number of benzene rings is 2. The molecule has 10 nitrogen and oxygen atoms in total. The van der Waals surface area contributed by atoms with Gasteiger partial charge in [-0.05, 0) is 42.0 Å². The molecule has 1 heterocycles. The summed E-state index contributed by atoms with van der Waals surface area (Å²) in [7, 11) is 1.52. The highest BCUT2D eigenvalue weighted by Crippen LogP contribution is 2.27. The Bertz CT molecular complexity index is 1170. The fourth-order valence-electron chi connectivity index (χ4n) is 2.66. The Hall–Kier alpha value is -3.63. The molecular formula is C20H17Cl2N5O5. The van der Waals surface area contributed by atoms with Crippen molar-refractivity contribution in [3.63, 3.8) is 0 Å². The van der Waals surface area contributed by atoms with Crippen LogP contribution in [0.5, 0.6) is 11.5 Å². The van der Waals surface area contributed by atoms with Gasteiger partial charge in [-0.3, -0.25) is 19.6 Å². The Morgan fingerprint density at radius 3 is 2.75 bits per heavy atom. The first-order valence-corrected chi connectivity index (χ1v) is 9.85. The van der Waals surface area contributed by atoms with Crippen molar-refractivity contribution in [2.24, 2.45) is 5.10 Å². The summed E-state index contributed by atoms with van der Waals surface area (Å²) >= 11 is 11.8. The van der Waals surface area contributed by atoms with E-state index in [0.29, 0.717) is 27.1 Å². The highest BCUT2D eigenvalue weighted by molar-refractivity contribution is 6.35. The van der Waals surface area contributed by atoms with Crippen LogP contribution in [-0.4, -0.2) is 40.5 Å². The van der Waals surface area contributed by atoms with Crippen molar-refractivity contribution in [2.45, 2.75) is 6.54 Å². The fraction of sp³-hybridized carbons (Fsp3) is 0.150. The number of hydrazone groups is 1. The first-order valence-electron chi connectivity index (χ1n) is 9.09. The quantitative estimate of drug-likeness (QED) is 0.285. The van der Waals surface area contributed by atoms with Gasteiger partial charge in [-0.2, -0.15) is 10.2 Å². The van der Waals surface area contributed by atoms with Crippen molar-refractivity contribution < 1.29 is 19.2 Å². The SMILES string of the molecule is COc1ccc(/C=N\NC(=O)COc2ccc(Cl)cc2Cl)cc1Cn1cc([N+](=O)[O-])cn1. The predicted molar refractivity (Wildman–Crippen MR) is 119 cm³/mol. The van der Waals surface area contributed by atoms with Gasteiger partial charge >= 0.3 is 5.69 Å². The topological polar surface area (TPSA) is 121 Å². The lowest BCUT2D eigenvalue weighted by Gasteiger charge is -2.09. The fourth-order valence-corrected chi connectivity index (χ4v) is 3.12. The molecule has 1 amide bonds. The summed E-state index contributed by atoms with van der Waals surface area (Å²) < 4.78 is 12.1. The largest absolute Gasteiger partial charge is 0.496 e. The van der Waals surface area contributed by atoms with Crippen LogP contribution in [-0.2, 0) is 11.3 Å². The number of hydrogen-bond acceptors (Lipinski definition) is 7. The second kappa shape index (κ2) is 10.6. The van der Waals surface area contributed by atoms with E-state index in [0.717, 1.165) is 5.56 Å². The highest BCUT2D eigenvalue weighted by atomic mass is 35.5. The summed E-state index contributed by atoms with van der Waals surface area (Å²) in [6, 6.07) is 9.91. The van der Waals surface area contributed by atoms with E-state index in [9.17, 15) is 14.9 Å². The van der Waals surface area contributed by atoms with Crippen LogP contribution in [0, 0.1) is 10.1 Å². The maximum atomic E-state index is 11.9. The molecule has 12 heteroatoms. The molecule has 3 rings (SSSR count). The van der Waals surface area contributed by atoms with Gasteiger partial charge in [-0.25, -0.2) is 5.43 Å². The molecular weight excluding hydrogens is 461 g/mol. The molecule has 0 fully saturated rings. The van der Waals surface area contributed by atoms with Gasteiger partial charge in [0.25, 0.3) is 5.91 Å². The Morgan fingerprint density at radius 2 is 2.06 bits per heavy atom. The van der Waals surface area contributed by atoms with E-state index in [-0.39, 0.29) is 18.8 Å². The number of nitro groups is 1. The maximum Gasteiger partial charge on any atom is 0.307 e. The number of nitrogens with one attached hydrogen (secondary N) is 1. The number of aromatic nitrogens is 2. The smallest absolute Gasteiger partial charge is 0.307 e. The molecule has 0 radical (unpaired) electrons. The maximum absolute atomic E-state index is 11.9. The summed E-state index contributed by atoms with van der Waals surface area (Å²) in [5.74, 6) is 0.427. The summed E-state index contributed by atoms with van der Waals surface area (Å²) in [6.45, 7) is -0.0363. The minimum atomic E-state index is -0.517. The average molecular weight is 478 g/mol. The van der Waals surface area contributed by atoms with Crippen molar-refractivity contribution in [3.05, 3.63) is 80.1 Å². The summed E-state index contributed by atoms with van der Waals surface area (Å²) in [5, 5.41) is 19.5. The molecule has 0 saturated heterocycles. The van der Waals surface area contributed by atoms with Crippen LogP contribution in [0.2, 0.25) is 10.0 Å². The second-order valence-electron chi connectivity index (χ2n) is 6.38. The molecule has 0 atom stereocenters. The van der Waals surface area contributed by atoms with E-state index in [2.05, 4.69) is 15.6 Å². The molecule has 0 spiro atoms. The van der Waals surface area contributed by atoms with Crippen molar-refractivity contribution in [3.8, 4) is 11.5 Å². The monoisotopic (exact) mass is 477 g/mol. The Labute approximate surface area is 192 Å². The Morgan fingerprint density at radius 1 is 1.28 bits per heavy atom. The lowest BCUT2D eigenvalue weighted by atomic mass is 10.1. The standard InChI is InChI=1S/C20H17Cl2N5O5/c1-31-18-4-2-13(6-14(18)10-26-11-16(9-24-26)27(29)30)8-23-25-20(28)12-32-19-5-3-15(21)7-17(19)22/h2-9,11H,10,12H2,1H3,(H,25,28)/b23-8-. The predicted octanol–water partition coefficient (Wildman–Crippen LogP) is 3.68. The van der Waals surface area contributed by atoms with Gasteiger partial charge < -0.3 is 9.47 Å². The molecule has 32 heavy (non-hydrogen) atoms. The molecule has 0 aliphatic heterocycles. The van der Waals surface area contributed by atoms with Crippen molar-refractivity contribution in [2.75, 3.05) is 13.7 Å². The van der Waals surface area contributed by atoms with E-state index in [1.54, 1.807) is 30.3 Å². The minimum Gasteiger partial charge on any atom is -0.496 e. The first kappa shape index (κ1) is 23.0. The van der Waals surface area contributed by atoms with Crippen LogP contribution in [0.15, 0.2) is 53.9 Å². The minimum absolute atomic E-state index is 0.105. The van der Waals surface area contributed by atoms with Crippen LogP contribution < -0.4 is 14.9 Å². The van der Waals surface area contributed by atoms with Crippen LogP contribution >= 0.6 is 23.2 Å². The van der Waals surface area contributed by atoms with Crippen LogP contribution in [0.1, 0.15) is 11.1 Å². The third kappa shape index (κ3) is 6.19. The molecule has 166 valence electrons. The number of hydrogen-bond donors (Lipinski definition) is 1. The van der Waals surface area contributed by atoms with Crippen LogP contribution in [0.3, 0.4) is 0 Å². The number of halogens is 2. The zero-order chi connectivity index (χ0) is 23.1. The highest BCUT2D eigenvalue weighted by Gasteiger charge is 2.11. The molecule has 2 aromatic carbocycles. The molecule has 0 saturated carbocycles. The number of nitrogens with zero attached hydrogens (tertiary/aromatic N) is 4. The number of amides is 1. The van der Waals surface area contributed by atoms with Crippen LogP contribution in [0.25, 0.3) is 0 Å². The average Bonchev–Trinajstić information content (AvgIpc) is 3.22. The molecule has 0 aliphatic rings. The van der Waals surface area contributed by atoms with Gasteiger partial charge in [0.05, 0.1) is 29.8 Å². The van der Waals surface area contributed by atoms with Gasteiger partial charge in [0.15, 0.2) is 6.61 Å². The van der Waals surface area contributed by atoms with Crippen molar-refractivity contribution >= 4 is 41.0 Å². The number of ether oxygens (including phenoxy) is 2. The lowest BCUT2D eigenvalue weighted by Crippen LogP contribution is -2.24. The van der Waals surface area contributed by atoms with E-state index in [1.165, 1.54) is 36.5 Å². The number of methoxy groups -OCH3 is 1. The molecule has 1 aromatic heterocycles. The number of carbonyl (C=O) groups is 1. The van der Waals surface area contributed by atoms with Gasteiger partial charge in [-0.15, -0.1) is 0 Å². The van der Waals surface area contributed by atoms with Crippen LogP contribution in [0.4, 0.5) is 5.69 Å². The van der Waals surface area contributed by atoms with E-state index >= 15 is 0 Å². The first-order chi connectivity index (χ1) is 15.4. The Kier molecular flexibility index (Phi) is 7.63. The number of rotatable bonds is 9. The summed E-state index contributed by atoms with van der Waals surface area (Å²) in [5.41, 5.74) is 3.65. The molecule has 3 aromatic rings. The van der Waals surface area contributed by atoms with Crippen molar-refractivity contribution in [1.82, 2.24) is 15.2 Å². The summed E-state index contributed by atoms with van der Waals surface area (Å²) in [6.07, 6.45) is 3.95.